The standard InChI is InChI=1S/C39H25ClN4/c40-31-23-29(28-20-21-36-34(25-28)33-18-10-11-19-35(33)44(36)32-16-8-3-9-17-32)22-30(24-31)39-42-37(26-12-4-1-5-13-26)41-38(43-39)27-14-6-2-7-15-27/h1-25H. The number of hydrogen-bond donors (Lipinski definition) is 0. The van der Waals surface area contributed by atoms with Crippen LogP contribution in [0.4, 0.5) is 0 Å². The Morgan fingerprint density at radius 3 is 1.57 bits per heavy atom. The number of aromatic nitrogens is 4. The summed E-state index contributed by atoms with van der Waals surface area (Å²) in [6.45, 7) is 0. The minimum absolute atomic E-state index is 0.572. The molecule has 2 heterocycles. The molecule has 0 radical (unpaired) electrons. The molecule has 6 aromatic carbocycles. The lowest BCUT2D eigenvalue weighted by Gasteiger charge is -2.11. The van der Waals surface area contributed by atoms with Gasteiger partial charge >= 0.3 is 0 Å². The maximum atomic E-state index is 6.79. The first-order valence-electron chi connectivity index (χ1n) is 14.5. The molecule has 4 nitrogen and oxygen atoms in total. The Hall–Kier alpha value is -5.58. The summed E-state index contributed by atoms with van der Waals surface area (Å²) in [7, 11) is 0. The van der Waals surface area contributed by atoms with Crippen molar-refractivity contribution < 1.29 is 0 Å². The summed E-state index contributed by atoms with van der Waals surface area (Å²) in [5, 5.41) is 3.00. The Bertz CT molecular complexity index is 2220. The van der Waals surface area contributed by atoms with Crippen LogP contribution in [-0.4, -0.2) is 19.5 Å². The predicted molar refractivity (Wildman–Crippen MR) is 181 cm³/mol. The highest BCUT2D eigenvalue weighted by atomic mass is 35.5. The third-order valence-electron chi connectivity index (χ3n) is 7.88. The summed E-state index contributed by atoms with van der Waals surface area (Å²) >= 11 is 6.79. The topological polar surface area (TPSA) is 43.6 Å². The molecule has 208 valence electrons. The summed E-state index contributed by atoms with van der Waals surface area (Å²) in [4.78, 5) is 14.7. The Morgan fingerprint density at radius 2 is 0.909 bits per heavy atom. The number of para-hydroxylation sites is 2. The van der Waals surface area contributed by atoms with Crippen LogP contribution in [0, 0.1) is 0 Å². The zero-order chi connectivity index (χ0) is 29.5. The highest BCUT2D eigenvalue weighted by Crippen LogP contribution is 2.37. The van der Waals surface area contributed by atoms with E-state index in [1.165, 1.54) is 16.3 Å². The third kappa shape index (κ3) is 4.72. The molecule has 8 rings (SSSR count). The first-order chi connectivity index (χ1) is 21.7. The van der Waals surface area contributed by atoms with Crippen molar-refractivity contribution in [3.05, 3.63) is 157 Å². The van der Waals surface area contributed by atoms with E-state index in [4.69, 9.17) is 26.6 Å². The van der Waals surface area contributed by atoms with Gasteiger partial charge in [0, 0.05) is 38.2 Å². The van der Waals surface area contributed by atoms with Crippen molar-refractivity contribution >= 4 is 33.4 Å². The maximum Gasteiger partial charge on any atom is 0.164 e. The lowest BCUT2D eigenvalue weighted by atomic mass is 10.0. The first kappa shape index (κ1) is 26.1. The molecule has 0 unspecified atom stereocenters. The largest absolute Gasteiger partial charge is 0.309 e. The number of nitrogens with zero attached hydrogens (tertiary/aromatic N) is 4. The van der Waals surface area contributed by atoms with Crippen LogP contribution in [0.3, 0.4) is 0 Å². The van der Waals surface area contributed by atoms with Gasteiger partial charge in [0.25, 0.3) is 0 Å². The zero-order valence-electron chi connectivity index (χ0n) is 23.6. The summed E-state index contributed by atoms with van der Waals surface area (Å²) in [5.41, 5.74) is 8.20. The van der Waals surface area contributed by atoms with Gasteiger partial charge in [-0.25, -0.2) is 15.0 Å². The molecule has 0 aliphatic rings. The minimum atomic E-state index is 0.572. The van der Waals surface area contributed by atoms with Crippen molar-refractivity contribution in [2.45, 2.75) is 0 Å². The van der Waals surface area contributed by atoms with Gasteiger partial charge in [-0.2, -0.15) is 0 Å². The van der Waals surface area contributed by atoms with E-state index in [1.54, 1.807) is 0 Å². The first-order valence-corrected chi connectivity index (χ1v) is 14.9. The summed E-state index contributed by atoms with van der Waals surface area (Å²) in [6, 6.07) is 51.7. The van der Waals surface area contributed by atoms with Gasteiger partial charge in [0.05, 0.1) is 11.0 Å². The lowest BCUT2D eigenvalue weighted by Crippen LogP contribution is -2.00. The summed E-state index contributed by atoms with van der Waals surface area (Å²) < 4.78 is 2.32. The quantitative estimate of drug-likeness (QED) is 0.202. The van der Waals surface area contributed by atoms with Crippen molar-refractivity contribution in [2.75, 3.05) is 0 Å². The van der Waals surface area contributed by atoms with Gasteiger partial charge in [-0.3, -0.25) is 0 Å². The van der Waals surface area contributed by atoms with Gasteiger partial charge in [-0.15, -0.1) is 0 Å². The summed E-state index contributed by atoms with van der Waals surface area (Å²) in [6.07, 6.45) is 0. The molecule has 0 spiro atoms. The molecule has 2 aromatic heterocycles. The zero-order valence-corrected chi connectivity index (χ0v) is 24.4. The molecule has 44 heavy (non-hydrogen) atoms. The average molecular weight is 585 g/mol. The van der Waals surface area contributed by atoms with Crippen LogP contribution in [0.2, 0.25) is 5.02 Å². The van der Waals surface area contributed by atoms with Crippen LogP contribution in [-0.2, 0) is 0 Å². The molecule has 0 aliphatic carbocycles. The van der Waals surface area contributed by atoms with Crippen molar-refractivity contribution in [3.63, 3.8) is 0 Å². The second-order valence-electron chi connectivity index (χ2n) is 10.7. The molecular weight excluding hydrogens is 560 g/mol. The maximum absolute atomic E-state index is 6.79. The van der Waals surface area contributed by atoms with Gasteiger partial charge in [0.2, 0.25) is 0 Å². The smallest absolute Gasteiger partial charge is 0.164 e. The highest BCUT2D eigenvalue weighted by Gasteiger charge is 2.16. The second-order valence-corrected chi connectivity index (χ2v) is 11.1. The van der Waals surface area contributed by atoms with Crippen molar-refractivity contribution in [3.8, 4) is 51.0 Å². The fourth-order valence-electron chi connectivity index (χ4n) is 5.83. The summed E-state index contributed by atoms with van der Waals surface area (Å²) in [5.74, 6) is 1.81. The number of benzene rings is 6. The fraction of sp³-hybridized carbons (Fsp3) is 0. The molecule has 0 saturated carbocycles. The van der Waals surface area contributed by atoms with E-state index in [0.717, 1.165) is 39.0 Å². The molecule has 0 atom stereocenters. The van der Waals surface area contributed by atoms with Gasteiger partial charge in [-0.05, 0) is 59.7 Å². The number of hydrogen-bond acceptors (Lipinski definition) is 3. The van der Waals surface area contributed by atoms with Gasteiger partial charge in [0.15, 0.2) is 17.5 Å². The monoisotopic (exact) mass is 584 g/mol. The van der Waals surface area contributed by atoms with E-state index in [0.29, 0.717) is 22.5 Å². The van der Waals surface area contributed by atoms with Gasteiger partial charge in [0.1, 0.15) is 0 Å². The minimum Gasteiger partial charge on any atom is -0.309 e. The van der Waals surface area contributed by atoms with E-state index in [1.807, 2.05) is 78.9 Å². The SMILES string of the molecule is Clc1cc(-c2ccc3c(c2)c2ccccc2n3-c2ccccc2)cc(-c2nc(-c3ccccc3)nc(-c3ccccc3)n2)c1. The van der Waals surface area contributed by atoms with Crippen LogP contribution in [0.5, 0.6) is 0 Å². The molecule has 0 N–H and O–H groups in total. The highest BCUT2D eigenvalue weighted by molar-refractivity contribution is 6.31. The average Bonchev–Trinajstić information content (AvgIpc) is 3.43. The Balaban J connectivity index is 1.29. The molecule has 8 aromatic rings. The van der Waals surface area contributed by atoms with Crippen molar-refractivity contribution in [1.82, 2.24) is 19.5 Å². The predicted octanol–water partition coefficient (Wildman–Crippen LogP) is 10.3. The molecule has 5 heteroatoms. The lowest BCUT2D eigenvalue weighted by molar-refractivity contribution is 1.07. The van der Waals surface area contributed by atoms with Crippen LogP contribution < -0.4 is 0 Å². The van der Waals surface area contributed by atoms with Crippen molar-refractivity contribution in [2.24, 2.45) is 0 Å². The van der Waals surface area contributed by atoms with Gasteiger partial charge in [-0.1, -0.05) is 115 Å². The third-order valence-corrected chi connectivity index (χ3v) is 8.09. The Kier molecular flexibility index (Phi) is 6.47. The molecule has 0 bridgehead atoms. The van der Waals surface area contributed by atoms with Gasteiger partial charge < -0.3 is 4.57 Å². The van der Waals surface area contributed by atoms with Crippen molar-refractivity contribution in [1.29, 1.82) is 0 Å². The Labute approximate surface area is 259 Å². The molecule has 0 aliphatic heterocycles. The molecule has 0 amide bonds. The van der Waals surface area contributed by atoms with E-state index in [9.17, 15) is 0 Å². The Morgan fingerprint density at radius 1 is 0.386 bits per heavy atom. The normalized spacial score (nSPS) is 11.3. The van der Waals surface area contributed by atoms with E-state index in [-0.39, 0.29) is 0 Å². The number of rotatable bonds is 5. The van der Waals surface area contributed by atoms with Crippen LogP contribution in [0.15, 0.2) is 152 Å². The van der Waals surface area contributed by atoms with E-state index >= 15 is 0 Å². The molecular formula is C39H25ClN4. The molecule has 0 saturated heterocycles. The van der Waals surface area contributed by atoms with Crippen LogP contribution >= 0.6 is 11.6 Å². The molecule has 0 fully saturated rings. The van der Waals surface area contributed by atoms with Crippen LogP contribution in [0.25, 0.3) is 72.8 Å². The van der Waals surface area contributed by atoms with Crippen LogP contribution in [0.1, 0.15) is 0 Å². The number of fused-ring (bicyclic) bond motifs is 3. The number of halogens is 1. The van der Waals surface area contributed by atoms with E-state index < -0.39 is 0 Å². The fourth-order valence-corrected chi connectivity index (χ4v) is 6.07. The second kappa shape index (κ2) is 10.9. The van der Waals surface area contributed by atoms with E-state index in [2.05, 4.69) is 77.4 Å².